The lowest BCUT2D eigenvalue weighted by Gasteiger charge is -2.34. The van der Waals surface area contributed by atoms with E-state index in [0.717, 1.165) is 0 Å². The SMILES string of the molecule is C[C@@H]1O[C@H]1C(=O)N1CCN(CC(=O)Nc2ccccc2Cl)CC1. The Hall–Kier alpha value is -1.63. The third-order valence-electron chi connectivity index (χ3n) is 4.15. The van der Waals surface area contributed by atoms with Crippen molar-refractivity contribution in [1.82, 2.24) is 9.80 Å². The van der Waals surface area contributed by atoms with Crippen LogP contribution in [0.25, 0.3) is 0 Å². The molecule has 0 aliphatic carbocycles. The molecule has 3 rings (SSSR count). The van der Waals surface area contributed by atoms with Gasteiger partial charge in [0.05, 0.1) is 23.4 Å². The van der Waals surface area contributed by atoms with Crippen LogP contribution in [0, 0.1) is 0 Å². The average molecular weight is 338 g/mol. The Balaban J connectivity index is 1.44. The topological polar surface area (TPSA) is 65.2 Å². The molecule has 0 unspecified atom stereocenters. The number of anilines is 1. The quantitative estimate of drug-likeness (QED) is 0.839. The van der Waals surface area contributed by atoms with E-state index in [0.29, 0.717) is 43.4 Å². The molecule has 2 fully saturated rings. The standard InChI is InChI=1S/C16H20ClN3O3/c1-11-15(23-11)16(22)20-8-6-19(7-9-20)10-14(21)18-13-5-3-2-4-12(13)17/h2-5,11,15H,6-10H2,1H3,(H,18,21)/t11-,15+/m0/s1. The number of rotatable bonds is 4. The molecular weight excluding hydrogens is 318 g/mol. The zero-order chi connectivity index (χ0) is 16.4. The summed E-state index contributed by atoms with van der Waals surface area (Å²) in [5.74, 6) is -0.0327. The molecule has 0 radical (unpaired) electrons. The number of amides is 2. The Labute approximate surface area is 140 Å². The predicted octanol–water partition coefficient (Wildman–Crippen LogP) is 1.21. The smallest absolute Gasteiger partial charge is 0.254 e. The fourth-order valence-electron chi connectivity index (χ4n) is 2.71. The maximum absolute atomic E-state index is 12.1. The Kier molecular flexibility index (Phi) is 4.84. The van der Waals surface area contributed by atoms with Crippen molar-refractivity contribution >= 4 is 29.1 Å². The highest BCUT2D eigenvalue weighted by Gasteiger charge is 2.43. The van der Waals surface area contributed by atoms with Crippen LogP contribution in [0.5, 0.6) is 0 Å². The van der Waals surface area contributed by atoms with Gasteiger partial charge in [-0.3, -0.25) is 14.5 Å². The minimum atomic E-state index is -0.259. The van der Waals surface area contributed by atoms with Crippen molar-refractivity contribution in [1.29, 1.82) is 0 Å². The Morgan fingerprint density at radius 3 is 2.52 bits per heavy atom. The number of piperazine rings is 1. The van der Waals surface area contributed by atoms with Crippen molar-refractivity contribution in [3.8, 4) is 0 Å². The van der Waals surface area contributed by atoms with Crippen molar-refractivity contribution in [2.45, 2.75) is 19.1 Å². The summed E-state index contributed by atoms with van der Waals surface area (Å²) in [7, 11) is 0. The van der Waals surface area contributed by atoms with E-state index in [2.05, 4.69) is 5.32 Å². The van der Waals surface area contributed by atoms with Crippen molar-refractivity contribution in [2.24, 2.45) is 0 Å². The van der Waals surface area contributed by atoms with Crippen LogP contribution >= 0.6 is 11.6 Å². The number of halogens is 1. The molecule has 124 valence electrons. The number of carbonyl (C=O) groups is 2. The highest BCUT2D eigenvalue weighted by molar-refractivity contribution is 6.33. The minimum absolute atomic E-state index is 0.0435. The molecule has 1 aromatic carbocycles. The van der Waals surface area contributed by atoms with Gasteiger partial charge in [-0.25, -0.2) is 0 Å². The molecule has 2 amide bonds. The van der Waals surface area contributed by atoms with Gasteiger partial charge < -0.3 is 15.0 Å². The van der Waals surface area contributed by atoms with Crippen LogP contribution in [-0.4, -0.2) is 66.5 Å². The van der Waals surface area contributed by atoms with Crippen LogP contribution in [0.3, 0.4) is 0 Å². The van der Waals surface area contributed by atoms with Gasteiger partial charge in [0.15, 0.2) is 6.10 Å². The summed E-state index contributed by atoms with van der Waals surface area (Å²) < 4.78 is 5.22. The van der Waals surface area contributed by atoms with Crippen molar-refractivity contribution in [3.05, 3.63) is 29.3 Å². The van der Waals surface area contributed by atoms with Crippen molar-refractivity contribution < 1.29 is 14.3 Å². The van der Waals surface area contributed by atoms with Crippen LogP contribution in [0.1, 0.15) is 6.92 Å². The van der Waals surface area contributed by atoms with E-state index in [1.54, 1.807) is 12.1 Å². The molecule has 23 heavy (non-hydrogen) atoms. The van der Waals surface area contributed by atoms with Gasteiger partial charge in [0.1, 0.15) is 0 Å². The molecule has 1 N–H and O–H groups in total. The number of hydrogen-bond acceptors (Lipinski definition) is 4. The maximum Gasteiger partial charge on any atom is 0.254 e. The van der Waals surface area contributed by atoms with E-state index in [1.165, 1.54) is 0 Å². The first kappa shape index (κ1) is 16.2. The molecule has 7 heteroatoms. The van der Waals surface area contributed by atoms with Gasteiger partial charge >= 0.3 is 0 Å². The first-order chi connectivity index (χ1) is 11.0. The molecule has 0 spiro atoms. The van der Waals surface area contributed by atoms with Gasteiger partial charge in [0.2, 0.25) is 5.91 Å². The van der Waals surface area contributed by atoms with Crippen LogP contribution < -0.4 is 5.32 Å². The van der Waals surface area contributed by atoms with Crippen LogP contribution in [0.4, 0.5) is 5.69 Å². The molecule has 6 nitrogen and oxygen atoms in total. The Bertz CT molecular complexity index is 602. The number of para-hydroxylation sites is 1. The molecule has 0 aromatic heterocycles. The number of nitrogens with zero attached hydrogens (tertiary/aromatic N) is 2. The van der Waals surface area contributed by atoms with E-state index < -0.39 is 0 Å². The van der Waals surface area contributed by atoms with E-state index in [9.17, 15) is 9.59 Å². The molecule has 2 heterocycles. The highest BCUT2D eigenvalue weighted by Crippen LogP contribution is 2.24. The molecule has 2 saturated heterocycles. The fraction of sp³-hybridized carbons (Fsp3) is 0.500. The van der Waals surface area contributed by atoms with E-state index in [4.69, 9.17) is 16.3 Å². The monoisotopic (exact) mass is 337 g/mol. The summed E-state index contributed by atoms with van der Waals surface area (Å²) in [6.45, 7) is 4.82. The van der Waals surface area contributed by atoms with Gasteiger partial charge in [-0.1, -0.05) is 23.7 Å². The molecule has 2 atom stereocenters. The predicted molar refractivity (Wildman–Crippen MR) is 87.4 cm³/mol. The number of nitrogens with one attached hydrogen (secondary N) is 1. The second-order valence-electron chi connectivity index (χ2n) is 5.89. The summed E-state index contributed by atoms with van der Waals surface area (Å²) in [4.78, 5) is 28.0. The number of benzene rings is 1. The molecule has 0 saturated carbocycles. The molecule has 2 aliphatic heterocycles. The summed E-state index contributed by atoms with van der Waals surface area (Å²) >= 11 is 6.03. The lowest BCUT2D eigenvalue weighted by Crippen LogP contribution is -2.51. The second kappa shape index (κ2) is 6.86. The van der Waals surface area contributed by atoms with Crippen LogP contribution in [-0.2, 0) is 14.3 Å². The first-order valence-electron chi connectivity index (χ1n) is 7.75. The number of epoxide rings is 1. The van der Waals surface area contributed by atoms with E-state index in [1.807, 2.05) is 28.9 Å². The average Bonchev–Trinajstić information content (AvgIpc) is 3.26. The molecule has 1 aromatic rings. The maximum atomic E-state index is 12.1. The Morgan fingerprint density at radius 2 is 1.91 bits per heavy atom. The van der Waals surface area contributed by atoms with Crippen molar-refractivity contribution in [3.63, 3.8) is 0 Å². The summed E-state index contributed by atoms with van der Waals surface area (Å²) in [6.07, 6.45) is -0.216. The third-order valence-corrected chi connectivity index (χ3v) is 4.48. The normalized spacial score (nSPS) is 24.3. The first-order valence-corrected chi connectivity index (χ1v) is 8.13. The molecule has 2 aliphatic rings. The third kappa shape index (κ3) is 4.02. The van der Waals surface area contributed by atoms with Crippen LogP contribution in [0.15, 0.2) is 24.3 Å². The highest BCUT2D eigenvalue weighted by atomic mass is 35.5. The van der Waals surface area contributed by atoms with Gasteiger partial charge in [-0.2, -0.15) is 0 Å². The number of ether oxygens (including phenoxy) is 1. The van der Waals surface area contributed by atoms with Gasteiger partial charge in [-0.05, 0) is 19.1 Å². The van der Waals surface area contributed by atoms with Crippen molar-refractivity contribution in [2.75, 3.05) is 38.0 Å². The Morgan fingerprint density at radius 1 is 1.26 bits per heavy atom. The summed E-state index contributed by atoms with van der Waals surface area (Å²) in [5, 5.41) is 3.34. The zero-order valence-corrected chi connectivity index (χ0v) is 13.8. The van der Waals surface area contributed by atoms with E-state index >= 15 is 0 Å². The summed E-state index contributed by atoms with van der Waals surface area (Å²) in [5.41, 5.74) is 0.618. The van der Waals surface area contributed by atoms with Crippen LogP contribution in [0.2, 0.25) is 5.02 Å². The number of carbonyl (C=O) groups excluding carboxylic acids is 2. The lowest BCUT2D eigenvalue weighted by molar-refractivity contribution is -0.134. The largest absolute Gasteiger partial charge is 0.359 e. The second-order valence-corrected chi connectivity index (χ2v) is 6.30. The minimum Gasteiger partial charge on any atom is -0.359 e. The number of hydrogen-bond donors (Lipinski definition) is 1. The van der Waals surface area contributed by atoms with Gasteiger partial charge in [-0.15, -0.1) is 0 Å². The molecular formula is C16H20ClN3O3. The van der Waals surface area contributed by atoms with Gasteiger partial charge in [0.25, 0.3) is 5.91 Å². The lowest BCUT2D eigenvalue weighted by atomic mass is 10.2. The summed E-state index contributed by atoms with van der Waals surface area (Å²) in [6, 6.07) is 7.15. The fourth-order valence-corrected chi connectivity index (χ4v) is 2.89. The van der Waals surface area contributed by atoms with E-state index in [-0.39, 0.29) is 24.0 Å². The van der Waals surface area contributed by atoms with Gasteiger partial charge in [0, 0.05) is 26.2 Å². The zero-order valence-electron chi connectivity index (χ0n) is 13.0. The molecule has 0 bridgehead atoms.